The summed E-state index contributed by atoms with van der Waals surface area (Å²) in [6, 6.07) is 0. The van der Waals surface area contributed by atoms with Crippen LogP contribution in [0.2, 0.25) is 0 Å². The number of rotatable bonds is 46. The Labute approximate surface area is 388 Å². The summed E-state index contributed by atoms with van der Waals surface area (Å²) in [5, 5.41) is 0. The van der Waals surface area contributed by atoms with E-state index in [-0.39, 0.29) is 37.5 Å². The van der Waals surface area contributed by atoms with Gasteiger partial charge in [0.2, 0.25) is 0 Å². The maximum absolute atomic E-state index is 12.8. The molecule has 6 heteroatoms. The van der Waals surface area contributed by atoms with E-state index in [0.29, 0.717) is 19.3 Å². The van der Waals surface area contributed by atoms with Crippen LogP contribution in [0.3, 0.4) is 0 Å². The van der Waals surface area contributed by atoms with Crippen molar-refractivity contribution < 1.29 is 28.6 Å². The third-order valence-electron chi connectivity index (χ3n) is 11.0. The first-order valence-corrected chi connectivity index (χ1v) is 26.2. The third-order valence-corrected chi connectivity index (χ3v) is 11.0. The van der Waals surface area contributed by atoms with Gasteiger partial charge in [-0.15, -0.1) is 0 Å². The topological polar surface area (TPSA) is 78.9 Å². The summed E-state index contributed by atoms with van der Waals surface area (Å²) in [6.07, 6.45) is 65.7. The summed E-state index contributed by atoms with van der Waals surface area (Å²) < 4.78 is 16.7. The Balaban J connectivity index is 4.49. The molecule has 0 saturated heterocycles. The van der Waals surface area contributed by atoms with Crippen LogP contribution in [0.15, 0.2) is 85.1 Å². The van der Waals surface area contributed by atoms with Crippen LogP contribution < -0.4 is 0 Å². The van der Waals surface area contributed by atoms with Crippen molar-refractivity contribution in [3.05, 3.63) is 85.1 Å². The molecule has 63 heavy (non-hydrogen) atoms. The van der Waals surface area contributed by atoms with Crippen molar-refractivity contribution >= 4 is 17.9 Å². The molecule has 0 N–H and O–H groups in total. The van der Waals surface area contributed by atoms with Crippen LogP contribution in [0, 0.1) is 0 Å². The lowest BCUT2D eigenvalue weighted by Gasteiger charge is -2.18. The van der Waals surface area contributed by atoms with Crippen molar-refractivity contribution in [3.8, 4) is 0 Å². The van der Waals surface area contributed by atoms with Crippen LogP contribution in [0.5, 0.6) is 0 Å². The number of carbonyl (C=O) groups is 3. The van der Waals surface area contributed by atoms with E-state index in [4.69, 9.17) is 14.2 Å². The lowest BCUT2D eigenvalue weighted by molar-refractivity contribution is -0.166. The maximum Gasteiger partial charge on any atom is 0.306 e. The Morgan fingerprint density at radius 2 is 0.698 bits per heavy atom. The van der Waals surface area contributed by atoms with Crippen LogP contribution in [0.25, 0.3) is 0 Å². The Morgan fingerprint density at radius 3 is 1.17 bits per heavy atom. The van der Waals surface area contributed by atoms with Crippen LogP contribution in [-0.4, -0.2) is 37.2 Å². The first kappa shape index (κ1) is 59.6. The molecule has 6 nitrogen and oxygen atoms in total. The highest BCUT2D eigenvalue weighted by Crippen LogP contribution is 2.15. The molecule has 1 atom stereocenters. The van der Waals surface area contributed by atoms with Gasteiger partial charge in [-0.2, -0.15) is 0 Å². The van der Waals surface area contributed by atoms with E-state index in [2.05, 4.69) is 75.5 Å². The summed E-state index contributed by atoms with van der Waals surface area (Å²) >= 11 is 0. The molecule has 0 aromatic heterocycles. The van der Waals surface area contributed by atoms with Crippen molar-refractivity contribution in [2.24, 2.45) is 0 Å². The fraction of sp³-hybridized carbons (Fsp3) is 0.702. The van der Waals surface area contributed by atoms with E-state index >= 15 is 0 Å². The van der Waals surface area contributed by atoms with E-state index in [0.717, 1.165) is 77.0 Å². The second-order valence-electron chi connectivity index (χ2n) is 17.2. The first-order chi connectivity index (χ1) is 31.0. The zero-order valence-electron chi connectivity index (χ0n) is 41.1. The number of allylic oxidation sites excluding steroid dienone is 14. The molecule has 0 spiro atoms. The van der Waals surface area contributed by atoms with Crippen molar-refractivity contribution in [3.63, 3.8) is 0 Å². The van der Waals surface area contributed by atoms with E-state index in [1.165, 1.54) is 116 Å². The molecule has 0 saturated carbocycles. The number of esters is 3. The highest BCUT2D eigenvalue weighted by molar-refractivity contribution is 5.71. The standard InChI is InChI=1S/C57H96O6/c1-4-7-10-13-16-19-22-25-27-28-29-30-33-35-38-41-44-47-50-56(59)62-53-54(52-61-55(58)49-46-43-40-37-34-31-24-21-18-15-12-9-6-3)63-57(60)51-48-45-42-39-36-32-26-23-20-17-14-11-8-5-2/h10,13,16,19,22,25,27-31,34,40,43,54H,4-9,11-12,14-15,17-18,20-21,23-24,26,32-33,35-39,41-42,44-53H2,1-3H3/b13-10+,19-16+,25-22+,28-27+,30-29+,34-31+,43-40+. The highest BCUT2D eigenvalue weighted by Gasteiger charge is 2.19. The van der Waals surface area contributed by atoms with Gasteiger partial charge in [0.15, 0.2) is 6.10 Å². The Morgan fingerprint density at radius 1 is 0.333 bits per heavy atom. The molecule has 0 rings (SSSR count). The maximum atomic E-state index is 12.8. The number of carbonyl (C=O) groups excluding carboxylic acids is 3. The Bertz CT molecular complexity index is 1240. The predicted octanol–water partition coefficient (Wildman–Crippen LogP) is 17.2. The van der Waals surface area contributed by atoms with Gasteiger partial charge in [-0.05, 0) is 57.8 Å². The van der Waals surface area contributed by atoms with Crippen LogP contribution >= 0.6 is 0 Å². The molecule has 0 fully saturated rings. The fourth-order valence-electron chi connectivity index (χ4n) is 7.05. The Hall–Kier alpha value is -3.41. The normalized spacial score (nSPS) is 12.7. The molecule has 0 bridgehead atoms. The lowest BCUT2D eigenvalue weighted by Crippen LogP contribution is -2.30. The molecule has 1 unspecified atom stereocenters. The highest BCUT2D eigenvalue weighted by atomic mass is 16.6. The molecular weight excluding hydrogens is 781 g/mol. The second kappa shape index (κ2) is 51.2. The number of unbranched alkanes of at least 4 members (excludes halogenated alkanes) is 25. The van der Waals surface area contributed by atoms with Gasteiger partial charge in [0, 0.05) is 19.3 Å². The van der Waals surface area contributed by atoms with E-state index in [1.807, 2.05) is 30.4 Å². The average Bonchev–Trinajstić information content (AvgIpc) is 3.28. The van der Waals surface area contributed by atoms with Crippen molar-refractivity contribution in [1.82, 2.24) is 0 Å². The zero-order valence-corrected chi connectivity index (χ0v) is 41.1. The monoisotopic (exact) mass is 877 g/mol. The van der Waals surface area contributed by atoms with Crippen molar-refractivity contribution in [2.75, 3.05) is 13.2 Å². The summed E-state index contributed by atoms with van der Waals surface area (Å²) in [5.74, 6) is -0.996. The SMILES string of the molecule is CCC/C=C/C=C/C=C/C=C/C=C/CCCCCCCC(=O)OCC(COC(=O)CC/C=C/C/C=C/CCCCCCCC)OC(=O)CCCCCCCCCCCCCCCC. The van der Waals surface area contributed by atoms with E-state index in [9.17, 15) is 14.4 Å². The second-order valence-corrected chi connectivity index (χ2v) is 17.2. The number of hydrogen-bond donors (Lipinski definition) is 0. The van der Waals surface area contributed by atoms with Crippen molar-refractivity contribution in [1.29, 1.82) is 0 Å². The largest absolute Gasteiger partial charge is 0.462 e. The summed E-state index contributed by atoms with van der Waals surface area (Å²) in [6.45, 7) is 6.47. The number of ether oxygens (including phenoxy) is 3. The summed E-state index contributed by atoms with van der Waals surface area (Å²) in [5.41, 5.74) is 0. The minimum absolute atomic E-state index is 0.106. The fourth-order valence-corrected chi connectivity index (χ4v) is 7.05. The molecular formula is C57H96O6. The molecule has 360 valence electrons. The van der Waals surface area contributed by atoms with Crippen LogP contribution in [0.1, 0.15) is 239 Å². The molecule has 0 aliphatic carbocycles. The smallest absolute Gasteiger partial charge is 0.306 e. The Kier molecular flexibility index (Phi) is 48.5. The van der Waals surface area contributed by atoms with Gasteiger partial charge in [0.05, 0.1) is 0 Å². The van der Waals surface area contributed by atoms with E-state index < -0.39 is 6.10 Å². The zero-order chi connectivity index (χ0) is 45.8. The van der Waals surface area contributed by atoms with Gasteiger partial charge in [0.1, 0.15) is 13.2 Å². The summed E-state index contributed by atoms with van der Waals surface area (Å²) in [7, 11) is 0. The van der Waals surface area contributed by atoms with Gasteiger partial charge in [-0.1, -0.05) is 247 Å². The summed E-state index contributed by atoms with van der Waals surface area (Å²) in [4.78, 5) is 37.9. The predicted molar refractivity (Wildman–Crippen MR) is 270 cm³/mol. The quantitative estimate of drug-likeness (QED) is 0.0199. The molecule has 0 aromatic carbocycles. The molecule has 0 radical (unpaired) electrons. The molecule has 0 amide bonds. The van der Waals surface area contributed by atoms with Crippen LogP contribution in [-0.2, 0) is 28.6 Å². The first-order valence-electron chi connectivity index (χ1n) is 26.2. The van der Waals surface area contributed by atoms with Gasteiger partial charge < -0.3 is 14.2 Å². The minimum Gasteiger partial charge on any atom is -0.462 e. The lowest BCUT2D eigenvalue weighted by atomic mass is 10.0. The van der Waals surface area contributed by atoms with E-state index in [1.54, 1.807) is 0 Å². The van der Waals surface area contributed by atoms with Gasteiger partial charge >= 0.3 is 17.9 Å². The molecule has 0 aliphatic heterocycles. The molecule has 0 aromatic rings. The van der Waals surface area contributed by atoms with Gasteiger partial charge in [-0.25, -0.2) is 0 Å². The van der Waals surface area contributed by atoms with Crippen LogP contribution in [0.4, 0.5) is 0 Å². The third kappa shape index (κ3) is 49.5. The minimum atomic E-state index is -0.808. The molecule has 0 heterocycles. The average molecular weight is 877 g/mol. The van der Waals surface area contributed by atoms with Crippen molar-refractivity contribution in [2.45, 2.75) is 245 Å². The number of hydrogen-bond acceptors (Lipinski definition) is 6. The van der Waals surface area contributed by atoms with Gasteiger partial charge in [0.25, 0.3) is 0 Å². The van der Waals surface area contributed by atoms with Gasteiger partial charge in [-0.3, -0.25) is 14.4 Å². The molecule has 0 aliphatic rings.